The lowest BCUT2D eigenvalue weighted by atomic mass is 10.1. The number of fused-ring (bicyclic) bond motifs is 1. The normalized spacial score (nSPS) is 12.1. The Hall–Kier alpha value is -3.22. The van der Waals surface area contributed by atoms with E-state index in [2.05, 4.69) is 22.0 Å². The summed E-state index contributed by atoms with van der Waals surface area (Å²) in [6, 6.07) is 9.55. The minimum Gasteiger partial charge on any atom is -0.353 e. The van der Waals surface area contributed by atoms with Crippen LogP contribution in [-0.4, -0.2) is 31.1 Å². The lowest BCUT2D eigenvalue weighted by Crippen LogP contribution is -2.36. The number of amides is 1. The molecule has 0 saturated heterocycles. The molecular formula is C21H25N5O2. The molecule has 1 aromatic carbocycles. The molecule has 0 aliphatic rings. The van der Waals surface area contributed by atoms with E-state index >= 15 is 0 Å². The molecule has 0 saturated carbocycles. The maximum atomic E-state index is 13.1. The van der Waals surface area contributed by atoms with E-state index in [4.69, 9.17) is 0 Å². The Bertz CT molecular complexity index is 1070. The van der Waals surface area contributed by atoms with Crippen LogP contribution in [0.2, 0.25) is 0 Å². The third-order valence-corrected chi connectivity index (χ3v) is 4.82. The average Bonchev–Trinajstić information content (AvgIpc) is 3.14. The van der Waals surface area contributed by atoms with Crippen molar-refractivity contribution in [3.63, 3.8) is 0 Å². The lowest BCUT2D eigenvalue weighted by Gasteiger charge is -2.15. The first kappa shape index (κ1) is 19.5. The third kappa shape index (κ3) is 3.74. The maximum Gasteiger partial charge on any atom is 0.279 e. The van der Waals surface area contributed by atoms with Gasteiger partial charge in [-0.3, -0.25) is 9.59 Å². The molecule has 0 aliphatic carbocycles. The molecule has 0 fully saturated rings. The number of nitrogens with one attached hydrogen (secondary N) is 1. The van der Waals surface area contributed by atoms with Crippen LogP contribution in [0.5, 0.6) is 0 Å². The van der Waals surface area contributed by atoms with Crippen molar-refractivity contribution >= 4 is 11.7 Å². The Morgan fingerprint density at radius 3 is 2.68 bits per heavy atom. The fourth-order valence-electron chi connectivity index (χ4n) is 3.06. The molecule has 7 heteroatoms. The standard InChI is InChI=1S/C21H25N5O2/c1-5-12-25-15(4)17(13-18(27)22-14(3)6-2)20(28)26-21(25)23-19(24-26)16-10-8-7-9-11-16/h5,7-11,14H,1,6,12-13H2,2-4H3,(H,22,27)/t14-/m0/s1. The quantitative estimate of drug-likeness (QED) is 0.640. The van der Waals surface area contributed by atoms with E-state index in [9.17, 15) is 9.59 Å². The zero-order chi connectivity index (χ0) is 20.3. The molecule has 0 aliphatic heterocycles. The van der Waals surface area contributed by atoms with Gasteiger partial charge in [-0.2, -0.15) is 9.50 Å². The summed E-state index contributed by atoms with van der Waals surface area (Å²) in [5.74, 6) is 0.728. The van der Waals surface area contributed by atoms with Crippen LogP contribution < -0.4 is 10.9 Å². The molecule has 146 valence electrons. The Labute approximate surface area is 163 Å². The number of nitrogens with zero attached hydrogens (tertiary/aromatic N) is 4. The van der Waals surface area contributed by atoms with Gasteiger partial charge in [-0.15, -0.1) is 11.7 Å². The average molecular weight is 379 g/mol. The number of carbonyl (C=O) groups excluding carboxylic acids is 1. The highest BCUT2D eigenvalue weighted by molar-refractivity contribution is 5.79. The highest BCUT2D eigenvalue weighted by Gasteiger charge is 2.20. The van der Waals surface area contributed by atoms with Crippen LogP contribution in [0.4, 0.5) is 0 Å². The van der Waals surface area contributed by atoms with Gasteiger partial charge in [-0.1, -0.05) is 43.3 Å². The van der Waals surface area contributed by atoms with Crippen LogP contribution >= 0.6 is 0 Å². The molecule has 1 amide bonds. The third-order valence-electron chi connectivity index (χ3n) is 4.82. The Balaban J connectivity index is 2.13. The van der Waals surface area contributed by atoms with E-state index in [-0.39, 0.29) is 23.9 Å². The first-order valence-corrected chi connectivity index (χ1v) is 9.41. The van der Waals surface area contributed by atoms with Gasteiger partial charge in [-0.25, -0.2) is 0 Å². The summed E-state index contributed by atoms with van der Waals surface area (Å²) in [6.45, 7) is 10.0. The van der Waals surface area contributed by atoms with Crippen LogP contribution in [0.3, 0.4) is 0 Å². The molecule has 1 N–H and O–H groups in total. The van der Waals surface area contributed by atoms with E-state index in [1.165, 1.54) is 4.52 Å². The monoisotopic (exact) mass is 379 g/mol. The van der Waals surface area contributed by atoms with Gasteiger partial charge >= 0.3 is 0 Å². The van der Waals surface area contributed by atoms with Crippen molar-refractivity contribution in [1.29, 1.82) is 0 Å². The predicted molar refractivity (Wildman–Crippen MR) is 109 cm³/mol. The summed E-state index contributed by atoms with van der Waals surface area (Å²) in [5, 5.41) is 7.33. The van der Waals surface area contributed by atoms with Gasteiger partial charge in [0.25, 0.3) is 5.56 Å². The van der Waals surface area contributed by atoms with Crippen molar-refractivity contribution in [2.75, 3.05) is 0 Å². The smallest absolute Gasteiger partial charge is 0.279 e. The van der Waals surface area contributed by atoms with Gasteiger partial charge in [-0.05, 0) is 20.3 Å². The molecular weight excluding hydrogens is 354 g/mol. The zero-order valence-corrected chi connectivity index (χ0v) is 16.5. The molecule has 0 radical (unpaired) electrons. The van der Waals surface area contributed by atoms with Gasteiger partial charge in [0.2, 0.25) is 11.7 Å². The predicted octanol–water partition coefficient (Wildman–Crippen LogP) is 2.51. The minimum atomic E-state index is -0.318. The molecule has 0 unspecified atom stereocenters. The van der Waals surface area contributed by atoms with Crippen molar-refractivity contribution in [3.05, 3.63) is 64.6 Å². The number of rotatable bonds is 7. The molecule has 2 aromatic heterocycles. The van der Waals surface area contributed by atoms with Crippen LogP contribution in [0, 0.1) is 6.92 Å². The Morgan fingerprint density at radius 2 is 2.04 bits per heavy atom. The molecule has 1 atom stereocenters. The van der Waals surface area contributed by atoms with E-state index in [1.54, 1.807) is 6.08 Å². The molecule has 2 heterocycles. The van der Waals surface area contributed by atoms with Gasteiger partial charge in [0.15, 0.2) is 5.82 Å². The van der Waals surface area contributed by atoms with Crippen molar-refractivity contribution in [1.82, 2.24) is 24.5 Å². The van der Waals surface area contributed by atoms with Gasteiger partial charge < -0.3 is 9.88 Å². The second-order valence-corrected chi connectivity index (χ2v) is 6.84. The van der Waals surface area contributed by atoms with Crippen molar-refractivity contribution in [3.8, 4) is 11.4 Å². The van der Waals surface area contributed by atoms with Gasteiger partial charge in [0, 0.05) is 29.4 Å². The number of hydrogen-bond donors (Lipinski definition) is 1. The van der Waals surface area contributed by atoms with Gasteiger partial charge in [0.05, 0.1) is 6.42 Å². The maximum absolute atomic E-state index is 13.1. The van der Waals surface area contributed by atoms with E-state index in [0.29, 0.717) is 29.4 Å². The summed E-state index contributed by atoms with van der Waals surface area (Å²) in [7, 11) is 0. The highest BCUT2D eigenvalue weighted by atomic mass is 16.2. The number of allylic oxidation sites excluding steroid dienone is 1. The number of hydrogen-bond acceptors (Lipinski definition) is 4. The second-order valence-electron chi connectivity index (χ2n) is 6.84. The van der Waals surface area contributed by atoms with E-state index < -0.39 is 0 Å². The van der Waals surface area contributed by atoms with Crippen LogP contribution in [0.15, 0.2) is 47.8 Å². The van der Waals surface area contributed by atoms with Crippen LogP contribution in [0.25, 0.3) is 17.2 Å². The first-order valence-electron chi connectivity index (χ1n) is 9.41. The van der Waals surface area contributed by atoms with Crippen molar-refractivity contribution < 1.29 is 4.79 Å². The van der Waals surface area contributed by atoms with Crippen molar-refractivity contribution in [2.24, 2.45) is 0 Å². The molecule has 3 rings (SSSR count). The zero-order valence-electron chi connectivity index (χ0n) is 16.5. The summed E-state index contributed by atoms with van der Waals surface area (Å²) in [5.41, 5.74) is 1.62. The minimum absolute atomic E-state index is 0.00260. The fourth-order valence-corrected chi connectivity index (χ4v) is 3.06. The van der Waals surface area contributed by atoms with E-state index in [0.717, 1.165) is 12.0 Å². The number of benzene rings is 1. The van der Waals surface area contributed by atoms with Crippen LogP contribution in [-0.2, 0) is 17.8 Å². The Kier molecular flexibility index (Phi) is 5.73. The number of aromatic nitrogens is 4. The fraction of sp³-hybridized carbons (Fsp3) is 0.333. The summed E-state index contributed by atoms with van der Waals surface area (Å²) in [4.78, 5) is 30.0. The summed E-state index contributed by atoms with van der Waals surface area (Å²) < 4.78 is 3.14. The molecule has 0 bridgehead atoms. The molecule has 3 aromatic rings. The second kappa shape index (κ2) is 8.21. The lowest BCUT2D eigenvalue weighted by molar-refractivity contribution is -0.121. The highest BCUT2D eigenvalue weighted by Crippen LogP contribution is 2.17. The largest absolute Gasteiger partial charge is 0.353 e. The van der Waals surface area contributed by atoms with Crippen molar-refractivity contribution in [2.45, 2.75) is 46.2 Å². The van der Waals surface area contributed by atoms with Crippen LogP contribution in [0.1, 0.15) is 31.5 Å². The first-order chi connectivity index (χ1) is 13.5. The van der Waals surface area contributed by atoms with E-state index in [1.807, 2.05) is 55.7 Å². The summed E-state index contributed by atoms with van der Waals surface area (Å²) >= 11 is 0. The SMILES string of the molecule is C=CCn1c(C)c(CC(=O)N[C@@H](C)CC)c(=O)n2nc(-c3ccccc3)nc12. The topological polar surface area (TPSA) is 81.3 Å². The molecule has 0 spiro atoms. The van der Waals surface area contributed by atoms with Gasteiger partial charge in [0.1, 0.15) is 0 Å². The molecule has 28 heavy (non-hydrogen) atoms. The Morgan fingerprint density at radius 1 is 1.32 bits per heavy atom. The number of carbonyl (C=O) groups is 1. The summed E-state index contributed by atoms with van der Waals surface area (Å²) in [6.07, 6.45) is 2.56. The molecule has 7 nitrogen and oxygen atoms in total.